The summed E-state index contributed by atoms with van der Waals surface area (Å²) >= 11 is 0. The molecule has 1 unspecified atom stereocenters. The molecule has 0 bridgehead atoms. The molecule has 1 saturated heterocycles. The summed E-state index contributed by atoms with van der Waals surface area (Å²) in [5.41, 5.74) is 14.4. The van der Waals surface area contributed by atoms with E-state index in [2.05, 4.69) is 34.1 Å². The van der Waals surface area contributed by atoms with Gasteiger partial charge in [-0.1, -0.05) is 38.1 Å². The monoisotopic (exact) mass is 394 g/mol. The van der Waals surface area contributed by atoms with Crippen LogP contribution in [0.4, 0.5) is 5.95 Å². The van der Waals surface area contributed by atoms with Crippen LogP contribution < -0.4 is 16.8 Å². The Morgan fingerprint density at radius 2 is 1.72 bits per heavy atom. The number of hydrogen-bond acceptors (Lipinski definition) is 5. The van der Waals surface area contributed by atoms with Crippen molar-refractivity contribution < 1.29 is 4.79 Å². The number of aromatic nitrogens is 2. The van der Waals surface area contributed by atoms with Crippen LogP contribution in [-0.4, -0.2) is 34.8 Å². The number of rotatable bonds is 5. The van der Waals surface area contributed by atoms with E-state index in [0.29, 0.717) is 5.84 Å². The van der Waals surface area contributed by atoms with Crippen molar-refractivity contribution in [2.45, 2.75) is 39.0 Å². The molecule has 3 rings (SSSR count). The van der Waals surface area contributed by atoms with E-state index in [1.807, 2.05) is 31.2 Å². The molecule has 1 amide bonds. The fraction of sp³-hybridized carbons (Fsp3) is 0.455. The molecule has 1 aliphatic heterocycles. The topological polar surface area (TPSA) is 119 Å². The largest absolute Gasteiger partial charge is 0.386 e. The second-order valence-electron chi connectivity index (χ2n) is 8.12. The highest BCUT2D eigenvalue weighted by molar-refractivity contribution is 6.00. The van der Waals surface area contributed by atoms with E-state index in [1.54, 1.807) is 12.4 Å². The molecule has 7 nitrogen and oxygen atoms in total. The maximum Gasteiger partial charge on any atom is 0.250 e. The lowest BCUT2D eigenvalue weighted by Gasteiger charge is -2.34. The Labute approximate surface area is 172 Å². The van der Waals surface area contributed by atoms with E-state index in [4.69, 9.17) is 11.5 Å². The van der Waals surface area contributed by atoms with Gasteiger partial charge in [-0.2, -0.15) is 4.99 Å². The third-order valence-corrected chi connectivity index (χ3v) is 6.10. The average Bonchev–Trinajstić information content (AvgIpc) is 2.74. The number of amidine groups is 1. The quantitative estimate of drug-likeness (QED) is 0.529. The molecule has 5 N–H and O–H groups in total. The zero-order valence-electron chi connectivity index (χ0n) is 17.4. The summed E-state index contributed by atoms with van der Waals surface area (Å²) in [6.45, 7) is 7.94. The van der Waals surface area contributed by atoms with Crippen LogP contribution in [0.1, 0.15) is 39.2 Å². The van der Waals surface area contributed by atoms with E-state index in [9.17, 15) is 4.79 Å². The molecule has 7 heteroatoms. The first-order chi connectivity index (χ1) is 13.8. The van der Waals surface area contributed by atoms with Crippen LogP contribution in [-0.2, 0) is 10.2 Å². The van der Waals surface area contributed by atoms with Crippen molar-refractivity contribution in [3.8, 4) is 11.1 Å². The second kappa shape index (κ2) is 8.69. The summed E-state index contributed by atoms with van der Waals surface area (Å²) in [6, 6.07) is 8.08. The molecule has 1 atom stereocenters. The van der Waals surface area contributed by atoms with Gasteiger partial charge < -0.3 is 16.8 Å². The fourth-order valence-corrected chi connectivity index (χ4v) is 3.67. The Kier molecular flexibility index (Phi) is 6.27. The van der Waals surface area contributed by atoms with Crippen LogP contribution >= 0.6 is 0 Å². The van der Waals surface area contributed by atoms with E-state index in [1.165, 1.54) is 0 Å². The van der Waals surface area contributed by atoms with E-state index in [-0.39, 0.29) is 23.7 Å². The van der Waals surface area contributed by atoms with Gasteiger partial charge in [-0.25, -0.2) is 9.97 Å². The van der Waals surface area contributed by atoms with Crippen molar-refractivity contribution >= 4 is 17.7 Å². The number of nitrogen functional groups attached to an aromatic ring is 1. The van der Waals surface area contributed by atoms with E-state index in [0.717, 1.165) is 42.6 Å². The minimum Gasteiger partial charge on any atom is -0.386 e. The van der Waals surface area contributed by atoms with Gasteiger partial charge in [-0.3, -0.25) is 4.79 Å². The van der Waals surface area contributed by atoms with Crippen molar-refractivity contribution in [1.29, 1.82) is 0 Å². The first-order valence-corrected chi connectivity index (χ1v) is 10.1. The highest BCUT2D eigenvalue weighted by atomic mass is 16.1. The summed E-state index contributed by atoms with van der Waals surface area (Å²) in [4.78, 5) is 25.1. The van der Waals surface area contributed by atoms with Crippen LogP contribution in [0.25, 0.3) is 11.1 Å². The molecule has 1 fully saturated rings. The minimum atomic E-state index is -0.543. The molecule has 1 aromatic carbocycles. The third-order valence-electron chi connectivity index (χ3n) is 6.10. The van der Waals surface area contributed by atoms with E-state index < -0.39 is 5.41 Å². The Hall–Kier alpha value is -2.80. The molecule has 1 aliphatic rings. The van der Waals surface area contributed by atoms with Gasteiger partial charge in [0.25, 0.3) is 5.91 Å². The van der Waals surface area contributed by atoms with Gasteiger partial charge in [-0.15, -0.1) is 0 Å². The molecular weight excluding hydrogens is 364 g/mol. The zero-order valence-corrected chi connectivity index (χ0v) is 17.4. The molecule has 0 saturated carbocycles. The first-order valence-electron chi connectivity index (χ1n) is 10.1. The zero-order chi connectivity index (χ0) is 21.0. The standard InChI is InChI=1S/C22H30N6O/c1-14(2)22(3,20(23)28-19(29)16-8-10-25-11-9-16)18-6-4-15(5-7-18)17-12-26-21(24)27-13-17/h4-7,12-14,16,25H,8-11H2,1-3H3,(H2,23,28,29)(H2,24,26,27). The molecule has 154 valence electrons. The highest BCUT2D eigenvalue weighted by Gasteiger charge is 2.36. The molecule has 0 aliphatic carbocycles. The summed E-state index contributed by atoms with van der Waals surface area (Å²) in [6.07, 6.45) is 5.03. The lowest BCUT2D eigenvalue weighted by molar-refractivity contribution is -0.122. The van der Waals surface area contributed by atoms with Crippen molar-refractivity contribution in [3.05, 3.63) is 42.2 Å². The average molecular weight is 395 g/mol. The number of amides is 1. The van der Waals surface area contributed by atoms with Crippen LogP contribution in [0.3, 0.4) is 0 Å². The number of piperidine rings is 1. The van der Waals surface area contributed by atoms with Crippen LogP contribution in [0, 0.1) is 11.8 Å². The molecule has 0 radical (unpaired) electrons. The normalized spacial score (nSPS) is 17.9. The SMILES string of the molecule is CC(C)C(C)(C(N)=NC(=O)C1CCNCC1)c1ccc(-c2cnc(N)nc2)cc1. The van der Waals surface area contributed by atoms with Crippen molar-refractivity contribution in [2.24, 2.45) is 22.6 Å². The van der Waals surface area contributed by atoms with Gasteiger partial charge in [0.2, 0.25) is 5.95 Å². The number of anilines is 1. The smallest absolute Gasteiger partial charge is 0.250 e. The number of nitrogens with one attached hydrogen (secondary N) is 1. The summed E-state index contributed by atoms with van der Waals surface area (Å²) in [5.74, 6) is 0.642. The second-order valence-corrected chi connectivity index (χ2v) is 8.12. The molecule has 1 aromatic heterocycles. The van der Waals surface area contributed by atoms with Crippen molar-refractivity contribution in [3.63, 3.8) is 0 Å². The minimum absolute atomic E-state index is 0.0425. The van der Waals surface area contributed by atoms with Crippen LogP contribution in [0.5, 0.6) is 0 Å². The maximum absolute atomic E-state index is 12.7. The van der Waals surface area contributed by atoms with Gasteiger partial charge in [0.1, 0.15) is 5.84 Å². The Bertz CT molecular complexity index is 869. The number of carbonyl (C=O) groups excluding carboxylic acids is 1. The van der Waals surface area contributed by atoms with E-state index >= 15 is 0 Å². The number of benzene rings is 1. The first kappa shape index (κ1) is 20.9. The predicted octanol–water partition coefficient (Wildman–Crippen LogP) is 2.52. The Morgan fingerprint density at radius 1 is 1.14 bits per heavy atom. The highest BCUT2D eigenvalue weighted by Crippen LogP contribution is 2.34. The molecule has 2 aromatic rings. The number of nitrogens with two attached hydrogens (primary N) is 2. The summed E-state index contributed by atoms with van der Waals surface area (Å²) in [5, 5.41) is 3.27. The van der Waals surface area contributed by atoms with Gasteiger partial charge in [0, 0.05) is 23.9 Å². The van der Waals surface area contributed by atoms with Crippen molar-refractivity contribution in [2.75, 3.05) is 18.8 Å². The number of carbonyl (C=O) groups is 1. The predicted molar refractivity (Wildman–Crippen MR) is 116 cm³/mol. The molecular formula is C22H30N6O. The molecule has 0 spiro atoms. The molecule has 29 heavy (non-hydrogen) atoms. The van der Waals surface area contributed by atoms with Gasteiger partial charge in [-0.05, 0) is 49.9 Å². The Morgan fingerprint density at radius 3 is 2.28 bits per heavy atom. The number of nitrogens with zero attached hydrogens (tertiary/aromatic N) is 3. The van der Waals surface area contributed by atoms with Crippen LogP contribution in [0.15, 0.2) is 41.7 Å². The maximum atomic E-state index is 12.7. The van der Waals surface area contributed by atoms with Crippen molar-refractivity contribution in [1.82, 2.24) is 15.3 Å². The summed E-state index contributed by atoms with van der Waals surface area (Å²) in [7, 11) is 0. The van der Waals surface area contributed by atoms with Gasteiger partial charge in [0.15, 0.2) is 0 Å². The summed E-state index contributed by atoms with van der Waals surface area (Å²) < 4.78 is 0. The van der Waals surface area contributed by atoms with Gasteiger partial charge >= 0.3 is 0 Å². The molecule has 2 heterocycles. The fourth-order valence-electron chi connectivity index (χ4n) is 3.67. The Balaban J connectivity index is 1.88. The van der Waals surface area contributed by atoms with Gasteiger partial charge in [0.05, 0.1) is 5.41 Å². The third kappa shape index (κ3) is 4.45. The lowest BCUT2D eigenvalue weighted by atomic mass is 9.72. The number of aliphatic imine (C=N–C) groups is 1. The lowest BCUT2D eigenvalue weighted by Crippen LogP contribution is -2.44. The number of hydrogen-bond donors (Lipinski definition) is 3. The van der Waals surface area contributed by atoms with Crippen LogP contribution in [0.2, 0.25) is 0 Å².